The van der Waals surface area contributed by atoms with Gasteiger partial charge in [0.05, 0.1) is 14.6 Å². The molecule has 1 atom stereocenters. The van der Waals surface area contributed by atoms with Gasteiger partial charge in [-0.15, -0.1) is 22.7 Å². The highest BCUT2D eigenvalue weighted by molar-refractivity contribution is 7.16. The maximum Gasteiger partial charge on any atom is 0.279 e. The molecule has 0 radical (unpaired) electrons. The highest BCUT2D eigenvalue weighted by atomic mass is 32.1. The summed E-state index contributed by atoms with van der Waals surface area (Å²) in [6, 6.07) is 5.15. The lowest BCUT2D eigenvalue weighted by molar-refractivity contribution is 0.0851. The molecular formula is C20H24N2O3S2. The first-order chi connectivity index (χ1) is 12.6. The summed E-state index contributed by atoms with van der Waals surface area (Å²) in [5.74, 6) is -0.196. The number of carbonyl (C=O) groups is 3. The fraction of sp³-hybridized carbons (Fsp3) is 0.450. The van der Waals surface area contributed by atoms with E-state index in [1.165, 1.54) is 28.7 Å². The Kier molecular flexibility index (Phi) is 5.53. The Morgan fingerprint density at radius 1 is 1.00 bits per heavy atom. The highest BCUT2D eigenvalue weighted by Gasteiger charge is 2.30. The van der Waals surface area contributed by atoms with Gasteiger partial charge >= 0.3 is 0 Å². The number of amides is 2. The quantitative estimate of drug-likeness (QED) is 0.593. The summed E-state index contributed by atoms with van der Waals surface area (Å²) in [4.78, 5) is 38.7. The minimum atomic E-state index is -0.421. The lowest BCUT2D eigenvalue weighted by atomic mass is 9.72. The van der Waals surface area contributed by atoms with E-state index >= 15 is 0 Å². The van der Waals surface area contributed by atoms with Crippen LogP contribution in [0.1, 0.15) is 73.6 Å². The Morgan fingerprint density at radius 2 is 1.63 bits per heavy atom. The standard InChI is InChI=1S/C20H24N2O3S2/c1-11(23)14-7-8-16(26-14)18(24)21-22-19(25)17-10-12-9-13(20(2,3)4)5-6-15(12)27-17/h7-8,10,13H,5-6,9H2,1-4H3,(H,21,24)(H,22,25). The van der Waals surface area contributed by atoms with Crippen molar-refractivity contribution in [2.24, 2.45) is 11.3 Å². The van der Waals surface area contributed by atoms with Crippen LogP contribution >= 0.6 is 22.7 Å². The summed E-state index contributed by atoms with van der Waals surface area (Å²) in [5.41, 5.74) is 6.43. The number of carbonyl (C=O) groups excluding carboxylic acids is 3. The van der Waals surface area contributed by atoms with Gasteiger partial charge < -0.3 is 0 Å². The molecule has 2 amide bonds. The Morgan fingerprint density at radius 3 is 2.22 bits per heavy atom. The van der Waals surface area contributed by atoms with E-state index in [1.54, 1.807) is 12.1 Å². The molecule has 2 aromatic heterocycles. The average molecular weight is 405 g/mol. The van der Waals surface area contributed by atoms with Gasteiger partial charge in [-0.25, -0.2) is 0 Å². The van der Waals surface area contributed by atoms with E-state index in [1.807, 2.05) is 6.07 Å². The van der Waals surface area contributed by atoms with Gasteiger partial charge in [0.25, 0.3) is 11.8 Å². The van der Waals surface area contributed by atoms with Crippen LogP contribution in [0.5, 0.6) is 0 Å². The molecular weight excluding hydrogens is 380 g/mol. The maximum absolute atomic E-state index is 12.4. The van der Waals surface area contributed by atoms with Crippen molar-refractivity contribution in [2.45, 2.75) is 47.0 Å². The molecule has 2 heterocycles. The van der Waals surface area contributed by atoms with Crippen LogP contribution in [0.2, 0.25) is 0 Å². The van der Waals surface area contributed by atoms with Gasteiger partial charge in [0.15, 0.2) is 5.78 Å². The Bertz CT molecular complexity index is 889. The van der Waals surface area contributed by atoms with E-state index in [9.17, 15) is 14.4 Å². The van der Waals surface area contributed by atoms with Gasteiger partial charge in [0.2, 0.25) is 0 Å². The van der Waals surface area contributed by atoms with Gasteiger partial charge in [-0.2, -0.15) is 0 Å². The zero-order valence-corrected chi connectivity index (χ0v) is 17.6. The lowest BCUT2D eigenvalue weighted by Crippen LogP contribution is -2.41. The van der Waals surface area contributed by atoms with E-state index < -0.39 is 5.91 Å². The molecule has 1 aliphatic carbocycles. The topological polar surface area (TPSA) is 75.3 Å². The van der Waals surface area contributed by atoms with Crippen molar-refractivity contribution in [3.63, 3.8) is 0 Å². The minimum absolute atomic E-state index is 0.0826. The first-order valence-electron chi connectivity index (χ1n) is 8.98. The van der Waals surface area contributed by atoms with Crippen LogP contribution in [0.3, 0.4) is 0 Å². The third-order valence-electron chi connectivity index (χ3n) is 5.00. The van der Waals surface area contributed by atoms with Gasteiger partial charge in [-0.05, 0) is 61.3 Å². The van der Waals surface area contributed by atoms with Crippen LogP contribution in [0.25, 0.3) is 0 Å². The molecule has 0 spiro atoms. The van der Waals surface area contributed by atoms with Crippen LogP contribution in [0.4, 0.5) is 0 Å². The molecule has 7 heteroatoms. The number of Topliss-reactive ketones (excluding diaryl/α,β-unsaturated/α-hetero) is 1. The molecule has 0 saturated heterocycles. The summed E-state index contributed by atoms with van der Waals surface area (Å²) < 4.78 is 0. The molecule has 0 saturated carbocycles. The molecule has 0 aliphatic heterocycles. The predicted molar refractivity (Wildman–Crippen MR) is 109 cm³/mol. The first-order valence-corrected chi connectivity index (χ1v) is 10.6. The van der Waals surface area contributed by atoms with Crippen LogP contribution < -0.4 is 10.9 Å². The van der Waals surface area contributed by atoms with Gasteiger partial charge in [-0.3, -0.25) is 25.2 Å². The highest BCUT2D eigenvalue weighted by Crippen LogP contribution is 2.40. The molecule has 0 bridgehead atoms. The zero-order chi connectivity index (χ0) is 19.8. The molecule has 2 N–H and O–H groups in total. The SMILES string of the molecule is CC(=O)c1ccc(C(=O)NNC(=O)c2cc3c(s2)CCC(C(C)(C)C)C3)s1. The third-order valence-corrected chi connectivity index (χ3v) is 7.42. The average Bonchev–Trinajstić information content (AvgIpc) is 3.24. The molecule has 1 unspecified atom stereocenters. The van der Waals surface area contributed by atoms with E-state index in [0.29, 0.717) is 20.5 Å². The molecule has 1 aliphatic rings. The molecule has 27 heavy (non-hydrogen) atoms. The molecule has 144 valence electrons. The summed E-state index contributed by atoms with van der Waals surface area (Å²) in [5, 5.41) is 0. The lowest BCUT2D eigenvalue weighted by Gasteiger charge is -2.33. The Balaban J connectivity index is 1.61. The number of fused-ring (bicyclic) bond motifs is 1. The van der Waals surface area contributed by atoms with E-state index in [2.05, 4.69) is 31.6 Å². The predicted octanol–water partition coefficient (Wildman–Crippen LogP) is 4.24. The number of thiophene rings is 2. The minimum Gasteiger partial charge on any atom is -0.294 e. The van der Waals surface area contributed by atoms with Crippen LogP contribution in [-0.4, -0.2) is 17.6 Å². The fourth-order valence-corrected chi connectivity index (χ4v) is 5.16. The van der Waals surface area contributed by atoms with Crippen molar-refractivity contribution < 1.29 is 14.4 Å². The maximum atomic E-state index is 12.4. The second kappa shape index (κ2) is 7.56. The van der Waals surface area contributed by atoms with Gasteiger partial charge in [0.1, 0.15) is 0 Å². The van der Waals surface area contributed by atoms with Crippen molar-refractivity contribution in [1.29, 1.82) is 0 Å². The first kappa shape index (κ1) is 19.8. The van der Waals surface area contributed by atoms with Crippen molar-refractivity contribution >= 4 is 40.3 Å². The smallest absolute Gasteiger partial charge is 0.279 e. The molecule has 0 fully saturated rings. The number of nitrogens with one attached hydrogen (secondary N) is 2. The summed E-state index contributed by atoms with van der Waals surface area (Å²) in [7, 11) is 0. The largest absolute Gasteiger partial charge is 0.294 e. The molecule has 0 aromatic carbocycles. The molecule has 5 nitrogen and oxygen atoms in total. The summed E-state index contributed by atoms with van der Waals surface area (Å²) in [6.07, 6.45) is 3.15. The van der Waals surface area contributed by atoms with Crippen LogP contribution in [0, 0.1) is 11.3 Å². The van der Waals surface area contributed by atoms with E-state index in [0.717, 1.165) is 30.6 Å². The van der Waals surface area contributed by atoms with Gasteiger partial charge in [0, 0.05) is 4.88 Å². The van der Waals surface area contributed by atoms with Crippen LogP contribution in [0.15, 0.2) is 18.2 Å². The second-order valence-electron chi connectivity index (χ2n) is 7.99. The number of hydrazine groups is 1. The number of ketones is 1. The molecule has 2 aromatic rings. The monoisotopic (exact) mass is 404 g/mol. The normalized spacial score (nSPS) is 16.5. The summed E-state index contributed by atoms with van der Waals surface area (Å²) in [6.45, 7) is 8.25. The second-order valence-corrected chi connectivity index (χ2v) is 10.2. The van der Waals surface area contributed by atoms with Gasteiger partial charge in [-0.1, -0.05) is 20.8 Å². The number of hydrogen-bond acceptors (Lipinski definition) is 5. The number of hydrogen-bond donors (Lipinski definition) is 2. The van der Waals surface area contributed by atoms with E-state index in [4.69, 9.17) is 0 Å². The zero-order valence-electron chi connectivity index (χ0n) is 16.0. The number of rotatable bonds is 3. The Hall–Kier alpha value is -1.99. The van der Waals surface area contributed by atoms with Crippen LogP contribution in [-0.2, 0) is 12.8 Å². The van der Waals surface area contributed by atoms with E-state index in [-0.39, 0.29) is 17.1 Å². The summed E-state index contributed by atoms with van der Waals surface area (Å²) >= 11 is 2.62. The Labute approximate surface area is 167 Å². The number of aryl methyl sites for hydroxylation is 1. The van der Waals surface area contributed by atoms with Crippen molar-refractivity contribution in [2.75, 3.05) is 0 Å². The van der Waals surface area contributed by atoms with Crippen molar-refractivity contribution in [1.82, 2.24) is 10.9 Å². The third kappa shape index (κ3) is 4.47. The van der Waals surface area contributed by atoms with Crippen molar-refractivity contribution in [3.05, 3.63) is 43.3 Å². The van der Waals surface area contributed by atoms with Crippen molar-refractivity contribution in [3.8, 4) is 0 Å². The fourth-order valence-electron chi connectivity index (χ4n) is 3.26. The molecule has 3 rings (SSSR count).